The minimum absolute atomic E-state index is 0.0862. The molecule has 0 radical (unpaired) electrons. The predicted molar refractivity (Wildman–Crippen MR) is 91.7 cm³/mol. The summed E-state index contributed by atoms with van der Waals surface area (Å²) in [4.78, 5) is 24.1. The van der Waals surface area contributed by atoms with Gasteiger partial charge in [0.25, 0.3) is 11.5 Å². The van der Waals surface area contributed by atoms with Gasteiger partial charge in [-0.3, -0.25) is 9.59 Å². The van der Waals surface area contributed by atoms with Crippen LogP contribution in [0, 0.1) is 0 Å². The van der Waals surface area contributed by atoms with Gasteiger partial charge < -0.3 is 5.32 Å². The first-order chi connectivity index (χ1) is 10.9. The van der Waals surface area contributed by atoms with Gasteiger partial charge in [0.2, 0.25) is 0 Å². The van der Waals surface area contributed by atoms with Crippen LogP contribution in [0.25, 0.3) is 5.69 Å². The zero-order chi connectivity index (χ0) is 17.0. The number of halogens is 2. The van der Waals surface area contributed by atoms with Crippen molar-refractivity contribution in [3.8, 4) is 5.69 Å². The molecule has 23 heavy (non-hydrogen) atoms. The Morgan fingerprint density at radius 1 is 1.30 bits per heavy atom. The van der Waals surface area contributed by atoms with Crippen LogP contribution in [0.15, 0.2) is 35.3 Å². The van der Waals surface area contributed by atoms with Crippen molar-refractivity contribution in [2.75, 3.05) is 0 Å². The van der Waals surface area contributed by atoms with Gasteiger partial charge in [-0.1, -0.05) is 36.5 Å². The number of amides is 1. The summed E-state index contributed by atoms with van der Waals surface area (Å²) in [5, 5.41) is 6.89. The summed E-state index contributed by atoms with van der Waals surface area (Å²) in [6.07, 6.45) is 3.23. The van der Waals surface area contributed by atoms with Crippen molar-refractivity contribution >= 4 is 29.1 Å². The van der Waals surface area contributed by atoms with E-state index in [0.717, 1.165) is 17.5 Å². The molecule has 1 aromatic heterocycles. The number of nitrogens with one attached hydrogen (secondary N) is 1. The highest BCUT2D eigenvalue weighted by atomic mass is 35.5. The summed E-state index contributed by atoms with van der Waals surface area (Å²) in [7, 11) is 0. The maximum absolute atomic E-state index is 12.1. The van der Waals surface area contributed by atoms with Gasteiger partial charge in [-0.25, -0.2) is 0 Å². The maximum Gasteiger partial charge on any atom is 0.291 e. The summed E-state index contributed by atoms with van der Waals surface area (Å²) in [5.41, 5.74) is 0.518. The largest absolute Gasteiger partial charge is 0.350 e. The molecule has 1 amide bonds. The van der Waals surface area contributed by atoms with Crippen LogP contribution in [0.2, 0.25) is 10.0 Å². The molecule has 0 bridgehead atoms. The fourth-order valence-corrected chi connectivity index (χ4v) is 2.42. The maximum atomic E-state index is 12.1. The van der Waals surface area contributed by atoms with Crippen LogP contribution in [0.5, 0.6) is 0 Å². The van der Waals surface area contributed by atoms with E-state index in [2.05, 4.69) is 17.3 Å². The molecule has 2 rings (SSSR count). The van der Waals surface area contributed by atoms with E-state index in [9.17, 15) is 9.59 Å². The molecule has 1 aromatic carbocycles. The van der Waals surface area contributed by atoms with Gasteiger partial charge in [-0.05, 0) is 37.6 Å². The van der Waals surface area contributed by atoms with Crippen molar-refractivity contribution in [1.82, 2.24) is 15.1 Å². The summed E-state index contributed by atoms with van der Waals surface area (Å²) < 4.78 is 1.13. The molecule has 122 valence electrons. The Morgan fingerprint density at radius 2 is 1.96 bits per heavy atom. The number of benzene rings is 1. The Balaban J connectivity index is 2.22. The summed E-state index contributed by atoms with van der Waals surface area (Å²) >= 11 is 11.6. The second-order valence-electron chi connectivity index (χ2n) is 5.23. The smallest absolute Gasteiger partial charge is 0.291 e. The van der Waals surface area contributed by atoms with Crippen LogP contribution in [0.3, 0.4) is 0 Å². The molecular formula is C16H17Cl2N3O2. The summed E-state index contributed by atoms with van der Waals surface area (Å²) in [6, 6.07) is 6.67. The van der Waals surface area contributed by atoms with Gasteiger partial charge in [-0.15, -0.1) is 0 Å². The van der Waals surface area contributed by atoms with Crippen molar-refractivity contribution in [3.63, 3.8) is 0 Å². The lowest BCUT2D eigenvalue weighted by molar-refractivity contribution is 0.0938. The molecule has 1 unspecified atom stereocenters. The van der Waals surface area contributed by atoms with Gasteiger partial charge in [-0.2, -0.15) is 9.78 Å². The highest BCUT2D eigenvalue weighted by molar-refractivity contribution is 6.41. The van der Waals surface area contributed by atoms with E-state index < -0.39 is 5.56 Å². The van der Waals surface area contributed by atoms with E-state index in [0.29, 0.717) is 11.3 Å². The van der Waals surface area contributed by atoms with Crippen LogP contribution >= 0.6 is 23.2 Å². The molecule has 0 saturated heterocycles. The van der Waals surface area contributed by atoms with Gasteiger partial charge >= 0.3 is 0 Å². The van der Waals surface area contributed by atoms with E-state index >= 15 is 0 Å². The lowest BCUT2D eigenvalue weighted by Gasteiger charge is -2.13. The molecule has 2 aromatic rings. The van der Waals surface area contributed by atoms with Crippen LogP contribution in [0.1, 0.15) is 37.0 Å². The molecule has 1 N–H and O–H groups in total. The summed E-state index contributed by atoms with van der Waals surface area (Å²) in [5.74, 6) is -0.146. The first-order valence-electron chi connectivity index (χ1n) is 7.28. The minimum Gasteiger partial charge on any atom is -0.350 e. The molecule has 0 fully saturated rings. The Hall–Kier alpha value is -1.85. The molecule has 0 spiro atoms. The monoisotopic (exact) mass is 353 g/mol. The van der Waals surface area contributed by atoms with Crippen LogP contribution in [-0.2, 0) is 0 Å². The Morgan fingerprint density at radius 3 is 2.57 bits per heavy atom. The number of carbonyl (C=O) groups is 1. The van der Waals surface area contributed by atoms with E-state index in [-0.39, 0.29) is 22.0 Å². The summed E-state index contributed by atoms with van der Waals surface area (Å²) in [6.45, 7) is 4.04. The standard InChI is InChI=1S/C16H17Cl2N3O2/c1-3-4-10(2)20-15(22)11-5-7-12(8-6-11)21-16(23)14(18)13(17)9-19-21/h5-10H,3-4H2,1-2H3,(H,20,22). The van der Waals surface area contributed by atoms with Gasteiger partial charge in [0.1, 0.15) is 5.02 Å². The van der Waals surface area contributed by atoms with Crippen LogP contribution < -0.4 is 10.9 Å². The van der Waals surface area contributed by atoms with Crippen molar-refractivity contribution in [3.05, 3.63) is 56.4 Å². The molecule has 1 heterocycles. The average Bonchev–Trinajstić information content (AvgIpc) is 2.53. The zero-order valence-corrected chi connectivity index (χ0v) is 14.4. The predicted octanol–water partition coefficient (Wildman–Crippen LogP) is 3.46. The van der Waals surface area contributed by atoms with Gasteiger partial charge in [0.15, 0.2) is 0 Å². The lowest BCUT2D eigenvalue weighted by Crippen LogP contribution is -2.32. The van der Waals surface area contributed by atoms with E-state index in [4.69, 9.17) is 23.2 Å². The molecule has 0 aliphatic heterocycles. The van der Waals surface area contributed by atoms with E-state index in [1.165, 1.54) is 6.20 Å². The van der Waals surface area contributed by atoms with Gasteiger partial charge in [0.05, 0.1) is 16.9 Å². The normalized spacial score (nSPS) is 12.0. The Kier molecular flexibility index (Phi) is 5.80. The Labute approximate surface area is 144 Å². The molecule has 0 aliphatic rings. The highest BCUT2D eigenvalue weighted by Gasteiger charge is 2.11. The Bertz CT molecular complexity index is 757. The van der Waals surface area contributed by atoms with E-state index in [1.54, 1.807) is 24.3 Å². The molecule has 1 atom stereocenters. The fraction of sp³-hybridized carbons (Fsp3) is 0.312. The number of hydrogen-bond acceptors (Lipinski definition) is 3. The fourth-order valence-electron chi connectivity index (χ4n) is 2.16. The first kappa shape index (κ1) is 17.5. The molecule has 5 nitrogen and oxygen atoms in total. The SMILES string of the molecule is CCCC(C)NC(=O)c1ccc(-n2ncc(Cl)c(Cl)c2=O)cc1. The number of carbonyl (C=O) groups excluding carboxylic acids is 1. The molecular weight excluding hydrogens is 337 g/mol. The van der Waals surface area contributed by atoms with E-state index in [1.807, 2.05) is 6.92 Å². The molecule has 0 saturated carbocycles. The third-order valence-corrected chi connectivity index (χ3v) is 4.10. The molecule has 7 heteroatoms. The first-order valence-corrected chi connectivity index (χ1v) is 8.04. The van der Waals surface area contributed by atoms with Crippen molar-refractivity contribution in [2.24, 2.45) is 0 Å². The third kappa shape index (κ3) is 4.12. The number of rotatable bonds is 5. The zero-order valence-electron chi connectivity index (χ0n) is 12.8. The average molecular weight is 354 g/mol. The van der Waals surface area contributed by atoms with Crippen molar-refractivity contribution in [2.45, 2.75) is 32.7 Å². The second-order valence-corrected chi connectivity index (χ2v) is 6.02. The van der Waals surface area contributed by atoms with Gasteiger partial charge in [0, 0.05) is 11.6 Å². The topological polar surface area (TPSA) is 64.0 Å². The van der Waals surface area contributed by atoms with Crippen molar-refractivity contribution in [1.29, 1.82) is 0 Å². The lowest BCUT2D eigenvalue weighted by atomic mass is 10.1. The second kappa shape index (κ2) is 7.62. The highest BCUT2D eigenvalue weighted by Crippen LogP contribution is 2.16. The minimum atomic E-state index is -0.507. The molecule has 0 aliphatic carbocycles. The third-order valence-electron chi connectivity index (χ3n) is 3.35. The number of aromatic nitrogens is 2. The number of hydrogen-bond donors (Lipinski definition) is 1. The quantitative estimate of drug-likeness (QED) is 0.894. The number of nitrogens with zero attached hydrogens (tertiary/aromatic N) is 2. The van der Waals surface area contributed by atoms with Crippen molar-refractivity contribution < 1.29 is 4.79 Å². The van der Waals surface area contributed by atoms with Crippen LogP contribution in [0.4, 0.5) is 0 Å². The van der Waals surface area contributed by atoms with Crippen LogP contribution in [-0.4, -0.2) is 21.7 Å².